The molecular weight excluding hydrogens is 997 g/mol. The van der Waals surface area contributed by atoms with Gasteiger partial charge < -0.3 is 14.2 Å². The number of carbonyl (C=O) groups is 3. The average Bonchev–Trinajstić information content (AvgIpc) is 3.47. The third-order valence-electron chi connectivity index (χ3n) is 14.5. The van der Waals surface area contributed by atoms with Gasteiger partial charge in [0.15, 0.2) is 6.10 Å². The monoisotopic (exact) mass is 1120 g/mol. The van der Waals surface area contributed by atoms with Crippen molar-refractivity contribution >= 4 is 17.9 Å². The summed E-state index contributed by atoms with van der Waals surface area (Å²) in [6.45, 7) is 6.35. The minimum Gasteiger partial charge on any atom is -0.462 e. The lowest BCUT2D eigenvalue weighted by Gasteiger charge is -2.18. The Morgan fingerprint density at radius 2 is 0.481 bits per heavy atom. The Balaban J connectivity index is 4.01. The number of unbranched alkanes of at least 4 members (excludes halogenated alkanes) is 30. The third kappa shape index (κ3) is 66.5. The van der Waals surface area contributed by atoms with Gasteiger partial charge in [0.2, 0.25) is 0 Å². The van der Waals surface area contributed by atoms with Gasteiger partial charge in [-0.05, 0) is 109 Å². The van der Waals surface area contributed by atoms with Gasteiger partial charge in [0.25, 0.3) is 0 Å². The van der Waals surface area contributed by atoms with Gasteiger partial charge in [0.1, 0.15) is 13.2 Å². The maximum absolute atomic E-state index is 12.9. The number of allylic oxidation sites excluding steroid dienone is 20. The molecule has 0 aliphatic carbocycles. The lowest BCUT2D eigenvalue weighted by atomic mass is 10.0. The number of hydrogen-bond donors (Lipinski definition) is 0. The van der Waals surface area contributed by atoms with Crippen molar-refractivity contribution in [3.05, 3.63) is 122 Å². The molecule has 462 valence electrons. The van der Waals surface area contributed by atoms with Gasteiger partial charge in [-0.15, -0.1) is 0 Å². The number of carbonyl (C=O) groups excluding carboxylic acids is 3. The predicted octanol–water partition coefficient (Wildman–Crippen LogP) is 23.6. The van der Waals surface area contributed by atoms with Crippen molar-refractivity contribution in [2.24, 2.45) is 0 Å². The van der Waals surface area contributed by atoms with Gasteiger partial charge in [0, 0.05) is 19.3 Å². The summed E-state index contributed by atoms with van der Waals surface area (Å²) in [5.74, 6) is -0.886. The molecule has 0 rings (SSSR count). The van der Waals surface area contributed by atoms with E-state index < -0.39 is 6.10 Å². The van der Waals surface area contributed by atoms with Crippen molar-refractivity contribution in [2.75, 3.05) is 13.2 Å². The summed E-state index contributed by atoms with van der Waals surface area (Å²) in [7, 11) is 0. The van der Waals surface area contributed by atoms with E-state index in [4.69, 9.17) is 14.2 Å². The van der Waals surface area contributed by atoms with E-state index in [-0.39, 0.29) is 31.1 Å². The first-order valence-electron chi connectivity index (χ1n) is 34.0. The van der Waals surface area contributed by atoms with E-state index in [1.165, 1.54) is 148 Å². The molecular formula is C75H126O6. The van der Waals surface area contributed by atoms with Crippen molar-refractivity contribution in [3.8, 4) is 0 Å². The van der Waals surface area contributed by atoms with Crippen LogP contribution in [0.2, 0.25) is 0 Å². The second-order valence-corrected chi connectivity index (χ2v) is 22.3. The average molecular weight is 1120 g/mol. The largest absolute Gasteiger partial charge is 0.462 e. The Kier molecular flexibility index (Phi) is 64.8. The molecule has 0 aromatic carbocycles. The van der Waals surface area contributed by atoms with Crippen molar-refractivity contribution in [2.45, 2.75) is 322 Å². The maximum atomic E-state index is 12.9. The zero-order chi connectivity index (χ0) is 58.5. The molecule has 0 N–H and O–H groups in total. The van der Waals surface area contributed by atoms with Crippen LogP contribution in [0.5, 0.6) is 0 Å². The first-order chi connectivity index (χ1) is 40.0. The van der Waals surface area contributed by atoms with E-state index >= 15 is 0 Å². The molecule has 0 fully saturated rings. The molecule has 0 aliphatic heterocycles. The molecule has 0 saturated heterocycles. The number of esters is 3. The molecule has 0 aromatic rings. The molecule has 0 spiro atoms. The topological polar surface area (TPSA) is 78.9 Å². The van der Waals surface area contributed by atoms with Crippen LogP contribution in [0.3, 0.4) is 0 Å². The second-order valence-electron chi connectivity index (χ2n) is 22.3. The summed E-state index contributed by atoms with van der Waals surface area (Å²) >= 11 is 0. The van der Waals surface area contributed by atoms with Crippen molar-refractivity contribution < 1.29 is 28.6 Å². The van der Waals surface area contributed by atoms with Gasteiger partial charge in [-0.1, -0.05) is 309 Å². The lowest BCUT2D eigenvalue weighted by Crippen LogP contribution is -2.30. The fourth-order valence-corrected chi connectivity index (χ4v) is 9.44. The molecule has 0 radical (unpaired) electrons. The summed E-state index contributed by atoms with van der Waals surface area (Å²) in [6, 6.07) is 0. The quantitative estimate of drug-likeness (QED) is 0.0261. The molecule has 0 saturated carbocycles. The Morgan fingerprint density at radius 3 is 0.753 bits per heavy atom. The minimum absolute atomic E-state index is 0.0781. The Morgan fingerprint density at radius 1 is 0.259 bits per heavy atom. The number of ether oxygens (including phenoxy) is 3. The van der Waals surface area contributed by atoms with Gasteiger partial charge in [0.05, 0.1) is 0 Å². The van der Waals surface area contributed by atoms with Crippen LogP contribution in [0.15, 0.2) is 122 Å². The van der Waals surface area contributed by atoms with E-state index in [0.29, 0.717) is 19.3 Å². The number of hydrogen-bond acceptors (Lipinski definition) is 6. The fourth-order valence-electron chi connectivity index (χ4n) is 9.44. The van der Waals surface area contributed by atoms with E-state index in [1.54, 1.807) is 0 Å². The van der Waals surface area contributed by atoms with Crippen molar-refractivity contribution in [1.29, 1.82) is 0 Å². The highest BCUT2D eigenvalue weighted by molar-refractivity contribution is 5.71. The Labute approximate surface area is 501 Å². The molecule has 6 nitrogen and oxygen atoms in total. The van der Waals surface area contributed by atoms with E-state index in [2.05, 4.69) is 142 Å². The van der Waals surface area contributed by atoms with Crippen LogP contribution >= 0.6 is 0 Å². The van der Waals surface area contributed by atoms with Crippen LogP contribution in [-0.2, 0) is 28.6 Å². The van der Waals surface area contributed by atoms with E-state index in [1.807, 2.05) is 0 Å². The standard InChI is InChI=1S/C75H126O6/c1-4-7-10-13-15-17-19-21-23-25-27-29-31-33-35-37-39-41-43-45-47-49-51-53-55-57-59-62-65-68-74(77)80-71-72(70-79-73(76)67-64-61-12-9-6-3)81-75(78)69-66-63-60-58-56-54-52-50-48-46-44-42-40-38-36-34-32-30-28-26-24-22-20-18-16-14-11-8-5-2/h7-8,10-11,15-18,21-24,27-30,33-36,72H,4-6,9,12-14,19-20,25-26,31-32,37-71H2,1-3H3/b10-7-,11-8-,17-15-,18-16-,23-21-,24-22-,29-27-,30-28-,35-33-,36-34-. The van der Waals surface area contributed by atoms with Crippen LogP contribution in [0.1, 0.15) is 316 Å². The van der Waals surface area contributed by atoms with Crippen LogP contribution in [-0.4, -0.2) is 37.2 Å². The summed E-state index contributed by atoms with van der Waals surface area (Å²) in [5, 5.41) is 0. The summed E-state index contributed by atoms with van der Waals surface area (Å²) < 4.78 is 16.8. The minimum atomic E-state index is -0.778. The SMILES string of the molecule is CC/C=C\C/C=C\C/C=C\C/C=C\C/C=C\CCCCCCCCCCCCCCCC(=O)OCC(COC(=O)CCCCCCC)OC(=O)CCCCCCCCCCCCCCC/C=C\C/C=C\C/C=C\C/C=C\C/C=C\CC. The number of rotatable bonds is 61. The molecule has 0 heterocycles. The van der Waals surface area contributed by atoms with Gasteiger partial charge in [-0.2, -0.15) is 0 Å². The molecule has 1 unspecified atom stereocenters. The molecule has 6 heteroatoms. The Hall–Kier alpha value is -4.19. The summed E-state index contributed by atoms with van der Waals surface area (Å²) in [5.41, 5.74) is 0. The van der Waals surface area contributed by atoms with Crippen LogP contribution < -0.4 is 0 Å². The van der Waals surface area contributed by atoms with E-state index in [9.17, 15) is 14.4 Å². The predicted molar refractivity (Wildman–Crippen MR) is 353 cm³/mol. The van der Waals surface area contributed by atoms with Crippen molar-refractivity contribution in [3.63, 3.8) is 0 Å². The smallest absolute Gasteiger partial charge is 0.306 e. The van der Waals surface area contributed by atoms with Crippen LogP contribution in [0, 0.1) is 0 Å². The van der Waals surface area contributed by atoms with Crippen molar-refractivity contribution in [1.82, 2.24) is 0 Å². The van der Waals surface area contributed by atoms with Crippen LogP contribution in [0.4, 0.5) is 0 Å². The molecule has 0 bridgehead atoms. The summed E-state index contributed by atoms with van der Waals surface area (Å²) in [4.78, 5) is 38.0. The highest BCUT2D eigenvalue weighted by Crippen LogP contribution is 2.17. The zero-order valence-corrected chi connectivity index (χ0v) is 53.0. The summed E-state index contributed by atoms with van der Waals surface area (Å²) in [6.07, 6.45) is 95.5. The second kappa shape index (κ2) is 68.3. The molecule has 0 aliphatic rings. The normalized spacial score (nSPS) is 12.9. The highest BCUT2D eigenvalue weighted by Gasteiger charge is 2.19. The molecule has 0 aromatic heterocycles. The third-order valence-corrected chi connectivity index (χ3v) is 14.5. The highest BCUT2D eigenvalue weighted by atomic mass is 16.6. The first-order valence-corrected chi connectivity index (χ1v) is 34.0. The van der Waals surface area contributed by atoms with Gasteiger partial charge in [-0.25, -0.2) is 0 Å². The zero-order valence-electron chi connectivity index (χ0n) is 53.0. The molecule has 0 amide bonds. The fraction of sp³-hybridized carbons (Fsp3) is 0.693. The van der Waals surface area contributed by atoms with E-state index in [0.717, 1.165) is 128 Å². The van der Waals surface area contributed by atoms with Gasteiger partial charge >= 0.3 is 17.9 Å². The first kappa shape index (κ1) is 76.8. The Bertz CT molecular complexity index is 1670. The lowest BCUT2D eigenvalue weighted by molar-refractivity contribution is -0.167. The van der Waals surface area contributed by atoms with Crippen LogP contribution in [0.25, 0.3) is 0 Å². The molecule has 1 atom stereocenters. The molecule has 81 heavy (non-hydrogen) atoms. The maximum Gasteiger partial charge on any atom is 0.306 e. The van der Waals surface area contributed by atoms with Gasteiger partial charge in [-0.3, -0.25) is 14.4 Å².